The number of amides is 1. The van der Waals surface area contributed by atoms with Crippen LogP contribution in [0.5, 0.6) is 5.75 Å². The molecule has 1 aromatic rings. The summed E-state index contributed by atoms with van der Waals surface area (Å²) in [6.07, 6.45) is 1.98. The molecule has 3 N–H and O–H groups in total. The molecular weight excluding hydrogens is 392 g/mol. The van der Waals surface area contributed by atoms with Crippen molar-refractivity contribution in [2.24, 2.45) is 23.0 Å². The second-order valence-electron chi connectivity index (χ2n) is 8.17. The van der Waals surface area contributed by atoms with Crippen molar-refractivity contribution < 1.29 is 9.53 Å². The van der Waals surface area contributed by atoms with Crippen molar-refractivity contribution in [1.82, 2.24) is 4.90 Å². The average Bonchev–Trinajstić information content (AvgIpc) is 2.77. The molecule has 1 aliphatic heterocycles. The molecule has 1 aliphatic carbocycles. The SMILES string of the molecule is CC(C)N1CC=C2C(C#N)C(=N)C(C#N)(C#N)[C@@H](c3ccc(OCC(N)=O)cc3)[C@@H]2C1. The minimum absolute atomic E-state index is 0.167. The van der Waals surface area contributed by atoms with Gasteiger partial charge in [-0.2, -0.15) is 15.8 Å². The molecule has 8 heteroatoms. The van der Waals surface area contributed by atoms with Gasteiger partial charge in [0.25, 0.3) is 5.91 Å². The molecule has 3 atom stereocenters. The maximum atomic E-state index is 11.0. The summed E-state index contributed by atoms with van der Waals surface area (Å²) in [7, 11) is 0. The van der Waals surface area contributed by atoms with Crippen LogP contribution in [0.15, 0.2) is 35.9 Å². The minimum atomic E-state index is -1.75. The number of nitriles is 3. The van der Waals surface area contributed by atoms with E-state index >= 15 is 0 Å². The lowest BCUT2D eigenvalue weighted by atomic mass is 9.54. The van der Waals surface area contributed by atoms with Gasteiger partial charge in [-0.05, 0) is 37.1 Å². The van der Waals surface area contributed by atoms with E-state index in [4.69, 9.17) is 15.9 Å². The van der Waals surface area contributed by atoms with Gasteiger partial charge in [-0.15, -0.1) is 0 Å². The van der Waals surface area contributed by atoms with E-state index in [0.717, 1.165) is 5.57 Å². The fourth-order valence-corrected chi connectivity index (χ4v) is 4.55. The molecule has 1 heterocycles. The molecule has 1 saturated carbocycles. The second-order valence-corrected chi connectivity index (χ2v) is 8.17. The molecule has 0 bridgehead atoms. The van der Waals surface area contributed by atoms with Crippen LogP contribution in [0.1, 0.15) is 25.3 Å². The summed E-state index contributed by atoms with van der Waals surface area (Å²) in [6, 6.07) is 13.4. The van der Waals surface area contributed by atoms with Gasteiger partial charge in [0, 0.05) is 31.0 Å². The van der Waals surface area contributed by atoms with Crippen molar-refractivity contribution in [3.8, 4) is 24.0 Å². The fraction of sp³-hybridized carbons (Fsp3) is 0.435. The Labute approximate surface area is 181 Å². The number of hydrogen-bond donors (Lipinski definition) is 2. The third-order valence-corrected chi connectivity index (χ3v) is 6.17. The second kappa shape index (κ2) is 8.60. The molecule has 0 saturated heterocycles. The van der Waals surface area contributed by atoms with Crippen LogP contribution in [0.3, 0.4) is 0 Å². The van der Waals surface area contributed by atoms with E-state index < -0.39 is 23.2 Å². The number of nitrogens with two attached hydrogens (primary N) is 1. The van der Waals surface area contributed by atoms with Crippen molar-refractivity contribution in [2.75, 3.05) is 19.7 Å². The molecule has 3 rings (SSSR count). The molecule has 0 spiro atoms. The van der Waals surface area contributed by atoms with Crippen molar-refractivity contribution >= 4 is 11.6 Å². The number of hydrogen-bond acceptors (Lipinski definition) is 7. The molecule has 0 aromatic heterocycles. The van der Waals surface area contributed by atoms with E-state index in [2.05, 4.69) is 37.0 Å². The average molecular weight is 416 g/mol. The van der Waals surface area contributed by atoms with Crippen LogP contribution in [0.2, 0.25) is 0 Å². The predicted octanol–water partition coefficient (Wildman–Crippen LogP) is 2.11. The lowest BCUT2D eigenvalue weighted by Gasteiger charge is -2.48. The Kier molecular flexibility index (Phi) is 6.11. The largest absolute Gasteiger partial charge is 0.484 e. The predicted molar refractivity (Wildman–Crippen MR) is 113 cm³/mol. The van der Waals surface area contributed by atoms with E-state index in [-0.39, 0.29) is 24.3 Å². The first-order valence-electron chi connectivity index (χ1n) is 10.0. The molecule has 1 fully saturated rings. The van der Waals surface area contributed by atoms with Crippen molar-refractivity contribution in [2.45, 2.75) is 25.8 Å². The summed E-state index contributed by atoms with van der Waals surface area (Å²) >= 11 is 0. The molecule has 8 nitrogen and oxygen atoms in total. The van der Waals surface area contributed by atoms with Gasteiger partial charge < -0.3 is 15.9 Å². The first-order chi connectivity index (χ1) is 14.8. The standard InChI is InChI=1S/C23H24N6O2/c1-14(2)29-8-7-17-18(9-24)22(28)23(12-25,13-26)21(19(17)10-29)15-3-5-16(6-4-15)31-11-20(27)30/h3-7,14,18-19,21,28H,8,10-11H2,1-2H3,(H2,27,30)/t18?,19-,21+/m1/s1. The Hall–Kier alpha value is -3.67. The fourth-order valence-electron chi connectivity index (χ4n) is 4.55. The molecule has 2 aliphatic rings. The number of nitrogens with one attached hydrogen (secondary N) is 1. The van der Waals surface area contributed by atoms with Crippen molar-refractivity contribution in [1.29, 1.82) is 21.2 Å². The van der Waals surface area contributed by atoms with Crippen LogP contribution in [-0.4, -0.2) is 42.3 Å². The Morgan fingerprint density at radius 3 is 2.45 bits per heavy atom. The lowest BCUT2D eigenvalue weighted by molar-refractivity contribution is -0.119. The van der Waals surface area contributed by atoms with Crippen LogP contribution >= 0.6 is 0 Å². The van der Waals surface area contributed by atoms with Gasteiger partial charge >= 0.3 is 0 Å². The van der Waals surface area contributed by atoms with Crippen LogP contribution in [-0.2, 0) is 4.79 Å². The highest BCUT2D eigenvalue weighted by Crippen LogP contribution is 2.53. The van der Waals surface area contributed by atoms with Gasteiger partial charge in [-0.25, -0.2) is 0 Å². The van der Waals surface area contributed by atoms with Gasteiger partial charge in [0.05, 0.1) is 23.9 Å². The number of benzene rings is 1. The van der Waals surface area contributed by atoms with Gasteiger partial charge in [-0.3, -0.25) is 9.69 Å². The number of fused-ring (bicyclic) bond motifs is 1. The number of primary amides is 1. The third-order valence-electron chi connectivity index (χ3n) is 6.17. The molecule has 0 radical (unpaired) electrons. The minimum Gasteiger partial charge on any atom is -0.484 e. The third kappa shape index (κ3) is 3.77. The van der Waals surface area contributed by atoms with Crippen molar-refractivity contribution in [3.63, 3.8) is 0 Å². The summed E-state index contributed by atoms with van der Waals surface area (Å²) in [4.78, 5) is 13.2. The maximum Gasteiger partial charge on any atom is 0.255 e. The van der Waals surface area contributed by atoms with Crippen molar-refractivity contribution in [3.05, 3.63) is 41.5 Å². The summed E-state index contributed by atoms with van der Waals surface area (Å²) in [5, 5.41) is 38.6. The molecule has 1 aromatic carbocycles. The quantitative estimate of drug-likeness (QED) is 0.702. The Balaban J connectivity index is 2.11. The number of carbonyl (C=O) groups is 1. The van der Waals surface area contributed by atoms with E-state index in [1.165, 1.54) is 0 Å². The van der Waals surface area contributed by atoms with E-state index in [1.54, 1.807) is 24.3 Å². The molecule has 1 amide bonds. The van der Waals surface area contributed by atoms with Gasteiger partial charge in [0.2, 0.25) is 0 Å². The zero-order valence-corrected chi connectivity index (χ0v) is 17.5. The highest BCUT2D eigenvalue weighted by atomic mass is 16.5. The number of rotatable bonds is 5. The topological polar surface area (TPSA) is 151 Å². The number of nitrogens with zero attached hydrogens (tertiary/aromatic N) is 4. The maximum absolute atomic E-state index is 11.0. The van der Waals surface area contributed by atoms with Gasteiger partial charge in [0.15, 0.2) is 12.0 Å². The summed E-state index contributed by atoms with van der Waals surface area (Å²) in [5.74, 6) is -1.91. The Bertz CT molecular complexity index is 1020. The summed E-state index contributed by atoms with van der Waals surface area (Å²) < 4.78 is 5.32. The molecular formula is C23H24N6O2. The van der Waals surface area contributed by atoms with Crippen LogP contribution in [0.25, 0.3) is 0 Å². The van der Waals surface area contributed by atoms with E-state index in [1.807, 2.05) is 6.08 Å². The van der Waals surface area contributed by atoms with Gasteiger partial charge in [0.1, 0.15) is 11.7 Å². The zero-order chi connectivity index (χ0) is 22.8. The van der Waals surface area contributed by atoms with Gasteiger partial charge in [-0.1, -0.05) is 18.2 Å². The Morgan fingerprint density at radius 1 is 1.29 bits per heavy atom. The summed E-state index contributed by atoms with van der Waals surface area (Å²) in [6.45, 7) is 5.15. The first kappa shape index (κ1) is 22.0. The molecule has 158 valence electrons. The van der Waals surface area contributed by atoms with Crippen LogP contribution < -0.4 is 10.5 Å². The highest BCUT2D eigenvalue weighted by molar-refractivity contribution is 6.00. The smallest absolute Gasteiger partial charge is 0.255 e. The lowest BCUT2D eigenvalue weighted by Crippen LogP contribution is -2.53. The highest BCUT2D eigenvalue weighted by Gasteiger charge is 2.57. The van der Waals surface area contributed by atoms with Crippen LogP contribution in [0, 0.1) is 56.7 Å². The normalized spacial score (nSPS) is 24.8. The monoisotopic (exact) mass is 416 g/mol. The molecule has 31 heavy (non-hydrogen) atoms. The number of ether oxygens (including phenoxy) is 1. The van der Waals surface area contributed by atoms with E-state index in [9.17, 15) is 20.6 Å². The van der Waals surface area contributed by atoms with Crippen LogP contribution in [0.4, 0.5) is 0 Å². The summed E-state index contributed by atoms with van der Waals surface area (Å²) in [5.41, 5.74) is 4.71. The Morgan fingerprint density at radius 2 is 1.94 bits per heavy atom. The number of carbonyl (C=O) groups excluding carboxylic acids is 1. The molecule has 1 unspecified atom stereocenters. The first-order valence-corrected chi connectivity index (χ1v) is 10.0. The zero-order valence-electron chi connectivity index (χ0n) is 17.5. The van der Waals surface area contributed by atoms with E-state index in [0.29, 0.717) is 24.4 Å².